The second kappa shape index (κ2) is 51.9. The van der Waals surface area contributed by atoms with E-state index in [2.05, 4.69) is 406 Å². The zero-order chi connectivity index (χ0) is 92.2. The molecule has 0 saturated carbocycles. The van der Waals surface area contributed by atoms with Gasteiger partial charge < -0.3 is 33.5 Å². The van der Waals surface area contributed by atoms with Crippen molar-refractivity contribution in [3.05, 3.63) is 197 Å². The number of ether oxygens (including phenoxy) is 4. The van der Waals surface area contributed by atoms with Crippen LogP contribution >= 0.6 is 0 Å². The molecule has 12 aromatic rings. The Labute approximate surface area is 761 Å². The molecule has 0 spiro atoms. The van der Waals surface area contributed by atoms with Gasteiger partial charge in [-0.25, -0.2) is 15.0 Å². The maximum absolute atomic E-state index is 6.22. The van der Waals surface area contributed by atoms with Gasteiger partial charge in [0.15, 0.2) is 0 Å². The van der Waals surface area contributed by atoms with Crippen LogP contribution in [0.2, 0.25) is 25.7 Å². The number of aromatic amines is 2. The Morgan fingerprint density at radius 2 is 0.631 bits per heavy atom. The van der Waals surface area contributed by atoms with Gasteiger partial charge in [-0.2, -0.15) is 30.6 Å². The molecule has 0 unspecified atom stereocenters. The Morgan fingerprint density at radius 1 is 0.338 bits per heavy atom. The number of hydrogen-bond donors (Lipinski definition) is 2. The zero-order valence-electron chi connectivity index (χ0n) is 73.2. The van der Waals surface area contributed by atoms with Gasteiger partial charge in [-0.3, -0.25) is 0 Å². The highest BCUT2D eigenvalue weighted by Gasteiger charge is 2.18. The number of nitrogens with one attached hydrogen (secondary N) is 2. The second-order valence-electron chi connectivity index (χ2n) is 27.8. The average Bonchev–Trinajstić information content (AvgIpc) is 1.82. The molecule has 0 aliphatic rings. The minimum absolute atomic E-state index is 0.532. The molecule has 0 radical (unpaired) electrons. The number of pyridine rings is 3. The van der Waals surface area contributed by atoms with E-state index in [-0.39, 0.29) is 0 Å². The summed E-state index contributed by atoms with van der Waals surface area (Å²) in [5.41, 5.74) is 19.4. The van der Waals surface area contributed by atoms with Gasteiger partial charge in [0.1, 0.15) is 24.0 Å². The predicted molar refractivity (Wildman–Crippen MR) is 517 cm³/mol. The summed E-state index contributed by atoms with van der Waals surface area (Å²) in [5.74, 6) is 116. The molecular weight excluding hydrogens is 1620 g/mol. The third-order valence-electron chi connectivity index (χ3n) is 17.3. The van der Waals surface area contributed by atoms with E-state index in [9.17, 15) is 0 Å². The number of benzene rings is 3. The molecule has 0 amide bonds. The van der Waals surface area contributed by atoms with Crippen LogP contribution < -0.4 is 14.2 Å². The van der Waals surface area contributed by atoms with Crippen molar-refractivity contribution in [1.29, 1.82) is 0 Å². The molecule has 612 valence electrons. The fourth-order valence-electron chi connectivity index (χ4n) is 11.6. The number of terminal acetylenes is 1. The molecule has 0 bridgehead atoms. The van der Waals surface area contributed by atoms with Gasteiger partial charge in [-0.1, -0.05) is 43.8 Å². The lowest BCUT2D eigenvalue weighted by Crippen LogP contribution is -2.21. The summed E-state index contributed by atoms with van der Waals surface area (Å²) in [6, 6.07) is 31.2. The summed E-state index contributed by atoms with van der Waals surface area (Å²) in [6.07, 6.45) is 21.4. The summed E-state index contributed by atoms with van der Waals surface area (Å²) in [7, 11) is -1.09. The summed E-state index contributed by atoms with van der Waals surface area (Å²) < 4.78 is 26.3. The first-order valence-electron chi connectivity index (χ1n) is 39.4. The fraction of sp³-hybridized carbons (Fsp3) is 0.142. The monoisotopic (exact) mass is 1690 g/mol. The van der Waals surface area contributed by atoms with Gasteiger partial charge in [0.2, 0.25) is 17.6 Å². The highest BCUT2D eigenvalue weighted by atomic mass is 28.3. The maximum atomic E-state index is 6.22. The number of aromatic nitrogens is 12. The van der Waals surface area contributed by atoms with Gasteiger partial charge in [0.05, 0.1) is 68.4 Å². The molecule has 130 heavy (non-hydrogen) atoms. The SMILES string of the molecule is C#CC#CC#CC#CC#CC#CC#CC#CC#CC#CC#CC#CC#CC#CC#CC#CC#CC#CC#CC#CC#CC#CC#CC.Cc1cc(Oc2nccc3[nH]ccc23)ccc1-c1c(C)cnnc1C.Cc1cc(Oc2nccc3[nH]ccc23)ccc1-c1c(C)cnnc1C.Cc1cc(Oc2nccc3c2ccn3COCC[Si](C)(C)C)ccc1-c1c(C)cnnc1C. The van der Waals surface area contributed by atoms with Crippen LogP contribution in [0.25, 0.3) is 66.1 Å². The number of aryl methyl sites for hydroxylation is 9. The quantitative estimate of drug-likeness (QED) is 0.0595. The molecule has 9 heterocycles. The van der Waals surface area contributed by atoms with Crippen LogP contribution in [0.15, 0.2) is 147 Å². The normalized spacial score (nSPS) is 8.65. The van der Waals surface area contributed by atoms with Crippen LogP contribution in [-0.2, 0) is 11.5 Å². The van der Waals surface area contributed by atoms with Crippen LogP contribution in [0.5, 0.6) is 34.9 Å². The van der Waals surface area contributed by atoms with E-state index >= 15 is 0 Å². The Hall–Kier alpha value is -19.6. The van der Waals surface area contributed by atoms with Crippen molar-refractivity contribution in [2.45, 2.75) is 102 Å². The van der Waals surface area contributed by atoms with Gasteiger partial charge in [-0.05, 0) is 293 Å². The Morgan fingerprint density at radius 3 is 0.915 bits per heavy atom. The van der Waals surface area contributed by atoms with Crippen molar-refractivity contribution in [3.63, 3.8) is 0 Å². The van der Waals surface area contributed by atoms with E-state index in [4.69, 9.17) is 25.4 Å². The highest BCUT2D eigenvalue weighted by Crippen LogP contribution is 2.38. The molecule has 16 nitrogen and oxygen atoms in total. The molecule has 9 aromatic heterocycles. The number of H-pyrrole nitrogens is 2. The third kappa shape index (κ3) is 31.1. The van der Waals surface area contributed by atoms with E-state index < -0.39 is 8.07 Å². The standard InChI is InChI=1S/C47H4.C26H32N4O2Si.2C20H18N4O/c1-3-5-7-9-11-13-15-17-19-21-23-25-27-29-31-33-35-37-39-41-43-45-47-46-44-42-40-38-36-34-32-30-28-26-24-22-20-18-16-14-12-10-8-6-4-2;1-18-15-21(7-8-22(18)25-19(2)16-28-29-20(25)3)32-26-23-10-12-30(24(23)9-11-27-26)17-31-13-14-33(4,5)6;2*1-12-10-15(25-20-17-6-8-21-18(17)7-9-22-20)4-5-16(12)19-13(2)11-23-24-14(19)3/h1H,2H3;7-12,15-16H,13-14,17H2,1-6H3;2*4-11,21H,1-3H3. The second-order valence-corrected chi connectivity index (χ2v) is 33.4. The largest absolute Gasteiger partial charge is 0.438 e. The number of rotatable bonds is 14. The van der Waals surface area contributed by atoms with Crippen LogP contribution in [0.1, 0.15) is 57.4 Å². The van der Waals surface area contributed by atoms with Crippen molar-refractivity contribution in [3.8, 4) is 341 Å². The van der Waals surface area contributed by atoms with Crippen LogP contribution in [0, 0.1) is 335 Å². The van der Waals surface area contributed by atoms with Crippen molar-refractivity contribution in [2.24, 2.45) is 0 Å². The van der Waals surface area contributed by atoms with Gasteiger partial charge >= 0.3 is 0 Å². The molecule has 0 fully saturated rings. The number of hydrogen-bond acceptors (Lipinski definition) is 13. The smallest absolute Gasteiger partial charge is 0.228 e. The lowest BCUT2D eigenvalue weighted by Gasteiger charge is -2.16. The molecule has 12 rings (SSSR count). The summed E-state index contributed by atoms with van der Waals surface area (Å²) in [4.78, 5) is 19.5. The minimum Gasteiger partial charge on any atom is -0.438 e. The van der Waals surface area contributed by atoms with Crippen LogP contribution in [0.3, 0.4) is 0 Å². The fourth-order valence-corrected chi connectivity index (χ4v) is 12.3. The molecule has 0 aliphatic carbocycles. The van der Waals surface area contributed by atoms with Gasteiger partial charge in [0, 0.05) is 234 Å². The molecule has 17 heteroatoms. The summed E-state index contributed by atoms with van der Waals surface area (Å²) in [5, 5.41) is 27.6. The van der Waals surface area contributed by atoms with Crippen molar-refractivity contribution in [2.75, 3.05) is 6.61 Å². The molecule has 0 aliphatic heterocycles. The van der Waals surface area contributed by atoms with Gasteiger partial charge in [-0.15, -0.1) is 6.42 Å². The Bertz CT molecular complexity index is 7800. The highest BCUT2D eigenvalue weighted by molar-refractivity contribution is 6.76. The van der Waals surface area contributed by atoms with E-state index in [0.29, 0.717) is 24.4 Å². The molecule has 2 N–H and O–H groups in total. The molecule has 0 saturated heterocycles. The van der Waals surface area contributed by atoms with E-state index in [1.807, 2.05) is 112 Å². The number of fused-ring (bicyclic) bond motifs is 3. The van der Waals surface area contributed by atoms with Crippen molar-refractivity contribution < 1.29 is 18.9 Å². The minimum atomic E-state index is -1.09. The molecular formula is C113H72N12O4Si. The van der Waals surface area contributed by atoms with E-state index in [1.54, 1.807) is 44.1 Å². The van der Waals surface area contributed by atoms with Gasteiger partial charge in [0.25, 0.3) is 0 Å². The first-order valence-corrected chi connectivity index (χ1v) is 43.1. The summed E-state index contributed by atoms with van der Waals surface area (Å²) >= 11 is 0. The van der Waals surface area contributed by atoms with Crippen molar-refractivity contribution >= 4 is 40.8 Å². The topological polar surface area (TPSA) is 189 Å². The zero-order valence-corrected chi connectivity index (χ0v) is 74.2. The molecule has 3 aromatic carbocycles. The lowest BCUT2D eigenvalue weighted by atomic mass is 9.96. The van der Waals surface area contributed by atoms with Crippen LogP contribution in [-0.4, -0.2) is 74.8 Å². The average molecular weight is 1690 g/mol. The first-order chi connectivity index (χ1) is 63.4. The Balaban J connectivity index is 0.000000201. The Kier molecular flexibility index (Phi) is 37.6. The third-order valence-corrected chi connectivity index (χ3v) is 19.0. The summed E-state index contributed by atoms with van der Waals surface area (Å²) in [6.45, 7) is 28.5. The predicted octanol–water partition coefficient (Wildman–Crippen LogP) is 16.7. The van der Waals surface area contributed by atoms with E-state index in [0.717, 1.165) is 146 Å². The van der Waals surface area contributed by atoms with E-state index in [1.165, 1.54) is 0 Å². The van der Waals surface area contributed by atoms with Crippen molar-refractivity contribution in [1.82, 2.24) is 60.1 Å². The first kappa shape index (κ1) is 94.3. The molecule has 0 atom stereocenters. The lowest BCUT2D eigenvalue weighted by molar-refractivity contribution is 0.0902. The maximum Gasteiger partial charge on any atom is 0.228 e. The van der Waals surface area contributed by atoms with Crippen LogP contribution in [0.4, 0.5) is 0 Å². The number of nitrogens with zero attached hydrogens (tertiary/aromatic N) is 10.